The molecule has 1 aromatic carbocycles. The van der Waals surface area contributed by atoms with Gasteiger partial charge in [-0.15, -0.1) is 6.58 Å². The minimum Gasteiger partial charge on any atom is -0.497 e. The van der Waals surface area contributed by atoms with Crippen molar-refractivity contribution >= 4 is 5.91 Å². The number of carbonyl (C=O) groups is 1. The van der Waals surface area contributed by atoms with Crippen molar-refractivity contribution in [2.75, 3.05) is 13.7 Å². The van der Waals surface area contributed by atoms with Crippen molar-refractivity contribution < 1.29 is 14.6 Å². The highest BCUT2D eigenvalue weighted by atomic mass is 16.5. The van der Waals surface area contributed by atoms with Gasteiger partial charge < -0.3 is 14.7 Å². The number of benzene rings is 1. The molecule has 1 aliphatic heterocycles. The first kappa shape index (κ1) is 15.6. The van der Waals surface area contributed by atoms with Crippen LogP contribution in [0.15, 0.2) is 36.9 Å². The average Bonchev–Trinajstić information content (AvgIpc) is 2.89. The number of aliphatic hydroxyl groups excluding tert-OH is 1. The number of methoxy groups -OCH3 is 1. The third-order valence-corrected chi connectivity index (χ3v) is 4.21. The molecular formula is C17H23NO3. The van der Waals surface area contributed by atoms with Gasteiger partial charge in [-0.1, -0.05) is 18.2 Å². The summed E-state index contributed by atoms with van der Waals surface area (Å²) in [6, 6.07) is 7.76. The van der Waals surface area contributed by atoms with Crippen LogP contribution in [0.25, 0.3) is 0 Å². The molecule has 1 saturated heterocycles. The largest absolute Gasteiger partial charge is 0.497 e. The minimum absolute atomic E-state index is 0.00352. The molecule has 4 heteroatoms. The fourth-order valence-corrected chi connectivity index (χ4v) is 2.82. The SMILES string of the molecule is C=CCC(O)C1CC(=O)N(C(C)c2ccc(OC)cc2)C1. The molecule has 3 unspecified atom stereocenters. The highest BCUT2D eigenvalue weighted by molar-refractivity contribution is 5.79. The van der Waals surface area contributed by atoms with E-state index in [1.54, 1.807) is 13.2 Å². The predicted molar refractivity (Wildman–Crippen MR) is 82.0 cm³/mol. The fraction of sp³-hybridized carbons (Fsp3) is 0.471. The summed E-state index contributed by atoms with van der Waals surface area (Å²) in [4.78, 5) is 14.0. The van der Waals surface area contributed by atoms with E-state index in [2.05, 4.69) is 6.58 Å². The Morgan fingerprint density at radius 3 is 2.71 bits per heavy atom. The minimum atomic E-state index is -0.487. The second-order valence-electron chi connectivity index (χ2n) is 5.55. The molecule has 1 N–H and O–H groups in total. The number of carbonyl (C=O) groups excluding carboxylic acids is 1. The number of hydrogen-bond donors (Lipinski definition) is 1. The third kappa shape index (κ3) is 3.45. The van der Waals surface area contributed by atoms with Gasteiger partial charge in [0.1, 0.15) is 5.75 Å². The Morgan fingerprint density at radius 2 is 2.14 bits per heavy atom. The summed E-state index contributed by atoms with van der Waals surface area (Å²) in [6.45, 7) is 6.25. The molecule has 1 aromatic rings. The summed E-state index contributed by atoms with van der Waals surface area (Å²) >= 11 is 0. The maximum Gasteiger partial charge on any atom is 0.223 e. The van der Waals surface area contributed by atoms with Crippen molar-refractivity contribution in [1.82, 2.24) is 4.90 Å². The van der Waals surface area contributed by atoms with Crippen molar-refractivity contribution in [3.8, 4) is 5.75 Å². The normalized spacial score (nSPS) is 21.2. The van der Waals surface area contributed by atoms with Crippen LogP contribution >= 0.6 is 0 Å². The first-order chi connectivity index (χ1) is 10.1. The maximum absolute atomic E-state index is 12.2. The second-order valence-corrected chi connectivity index (χ2v) is 5.55. The first-order valence-electron chi connectivity index (χ1n) is 7.29. The fourth-order valence-electron chi connectivity index (χ4n) is 2.82. The zero-order valence-corrected chi connectivity index (χ0v) is 12.7. The van der Waals surface area contributed by atoms with Crippen molar-refractivity contribution in [3.63, 3.8) is 0 Å². The smallest absolute Gasteiger partial charge is 0.223 e. The Balaban J connectivity index is 2.06. The zero-order valence-electron chi connectivity index (χ0n) is 12.7. The van der Waals surface area contributed by atoms with Crippen LogP contribution < -0.4 is 4.74 Å². The average molecular weight is 289 g/mol. The van der Waals surface area contributed by atoms with Gasteiger partial charge in [-0.2, -0.15) is 0 Å². The summed E-state index contributed by atoms with van der Waals surface area (Å²) in [7, 11) is 1.63. The molecule has 2 rings (SSSR count). The van der Waals surface area contributed by atoms with Crippen LogP contribution in [-0.2, 0) is 4.79 Å². The van der Waals surface area contributed by atoms with Crippen LogP contribution in [0, 0.1) is 5.92 Å². The topological polar surface area (TPSA) is 49.8 Å². The molecule has 0 spiro atoms. The van der Waals surface area contributed by atoms with Crippen LogP contribution in [0.4, 0.5) is 0 Å². The Kier molecular flexibility index (Phi) is 5.02. The Hall–Kier alpha value is -1.81. The molecule has 1 amide bonds. The van der Waals surface area contributed by atoms with Crippen molar-refractivity contribution in [1.29, 1.82) is 0 Å². The number of nitrogens with zero attached hydrogens (tertiary/aromatic N) is 1. The lowest BCUT2D eigenvalue weighted by Crippen LogP contribution is -2.30. The lowest BCUT2D eigenvalue weighted by Gasteiger charge is -2.26. The van der Waals surface area contributed by atoms with Gasteiger partial charge in [-0.25, -0.2) is 0 Å². The van der Waals surface area contributed by atoms with Gasteiger partial charge in [0.2, 0.25) is 5.91 Å². The quantitative estimate of drug-likeness (QED) is 0.819. The molecule has 0 saturated carbocycles. The Bertz CT molecular complexity index is 497. The summed E-state index contributed by atoms with van der Waals surface area (Å²) < 4.78 is 5.15. The number of amides is 1. The lowest BCUT2D eigenvalue weighted by atomic mass is 9.99. The third-order valence-electron chi connectivity index (χ3n) is 4.21. The molecule has 114 valence electrons. The van der Waals surface area contributed by atoms with E-state index in [1.807, 2.05) is 36.1 Å². The molecule has 0 bridgehead atoms. The van der Waals surface area contributed by atoms with E-state index >= 15 is 0 Å². The van der Waals surface area contributed by atoms with E-state index in [1.165, 1.54) is 0 Å². The van der Waals surface area contributed by atoms with Gasteiger partial charge in [0, 0.05) is 18.9 Å². The number of hydrogen-bond acceptors (Lipinski definition) is 3. The molecular weight excluding hydrogens is 266 g/mol. The summed E-state index contributed by atoms with van der Waals surface area (Å²) in [5.41, 5.74) is 1.07. The van der Waals surface area contributed by atoms with Crippen LogP contribution in [0.5, 0.6) is 5.75 Å². The molecule has 0 aromatic heterocycles. The highest BCUT2D eigenvalue weighted by Gasteiger charge is 2.36. The summed E-state index contributed by atoms with van der Waals surface area (Å²) in [5.74, 6) is 0.903. The summed E-state index contributed by atoms with van der Waals surface area (Å²) in [6.07, 6.45) is 2.16. The first-order valence-corrected chi connectivity index (χ1v) is 7.29. The van der Waals surface area contributed by atoms with Crippen molar-refractivity contribution in [2.24, 2.45) is 5.92 Å². The predicted octanol–water partition coefficient (Wildman–Crippen LogP) is 2.54. The highest BCUT2D eigenvalue weighted by Crippen LogP contribution is 2.31. The van der Waals surface area contributed by atoms with Gasteiger partial charge in [0.15, 0.2) is 0 Å². The van der Waals surface area contributed by atoms with Crippen LogP contribution in [0.3, 0.4) is 0 Å². The van der Waals surface area contributed by atoms with E-state index in [0.717, 1.165) is 11.3 Å². The lowest BCUT2D eigenvalue weighted by molar-refractivity contribution is -0.129. The standard InChI is InChI=1S/C17H23NO3/c1-4-5-16(19)14-10-17(20)18(11-14)12(2)13-6-8-15(21-3)9-7-13/h4,6-9,12,14,16,19H,1,5,10-11H2,2-3H3. The zero-order chi connectivity index (χ0) is 15.4. The van der Waals surface area contributed by atoms with E-state index in [0.29, 0.717) is 19.4 Å². The van der Waals surface area contributed by atoms with Gasteiger partial charge in [-0.3, -0.25) is 4.79 Å². The van der Waals surface area contributed by atoms with E-state index in [-0.39, 0.29) is 17.9 Å². The molecule has 1 heterocycles. The van der Waals surface area contributed by atoms with Crippen molar-refractivity contribution in [3.05, 3.63) is 42.5 Å². The molecule has 0 radical (unpaired) electrons. The monoisotopic (exact) mass is 289 g/mol. The number of rotatable bonds is 6. The molecule has 21 heavy (non-hydrogen) atoms. The van der Waals surface area contributed by atoms with Crippen LogP contribution in [0.1, 0.15) is 31.4 Å². The number of likely N-dealkylation sites (tertiary alicyclic amines) is 1. The number of aliphatic hydroxyl groups is 1. The number of ether oxygens (including phenoxy) is 1. The maximum atomic E-state index is 12.2. The second kappa shape index (κ2) is 6.76. The van der Waals surface area contributed by atoms with Gasteiger partial charge in [-0.05, 0) is 31.0 Å². The molecule has 1 aliphatic rings. The van der Waals surface area contributed by atoms with Gasteiger partial charge in [0.05, 0.1) is 19.3 Å². The van der Waals surface area contributed by atoms with Gasteiger partial charge in [0.25, 0.3) is 0 Å². The molecule has 4 nitrogen and oxygen atoms in total. The van der Waals surface area contributed by atoms with Gasteiger partial charge >= 0.3 is 0 Å². The van der Waals surface area contributed by atoms with Crippen molar-refractivity contribution in [2.45, 2.75) is 31.9 Å². The Labute approximate surface area is 126 Å². The van der Waals surface area contributed by atoms with Crippen LogP contribution in [0.2, 0.25) is 0 Å². The Morgan fingerprint density at radius 1 is 1.48 bits per heavy atom. The van der Waals surface area contributed by atoms with E-state index in [9.17, 15) is 9.90 Å². The molecule has 3 atom stereocenters. The van der Waals surface area contributed by atoms with E-state index < -0.39 is 6.10 Å². The molecule has 0 aliphatic carbocycles. The van der Waals surface area contributed by atoms with Crippen LogP contribution in [-0.4, -0.2) is 35.7 Å². The summed E-state index contributed by atoms with van der Waals surface area (Å²) in [5, 5.41) is 10.0. The molecule has 1 fully saturated rings. The van der Waals surface area contributed by atoms with E-state index in [4.69, 9.17) is 4.74 Å².